The summed E-state index contributed by atoms with van der Waals surface area (Å²) in [7, 11) is 0. The van der Waals surface area contributed by atoms with Crippen LogP contribution in [0.15, 0.2) is 18.2 Å². The van der Waals surface area contributed by atoms with Crippen LogP contribution in [-0.4, -0.2) is 34.3 Å². The smallest absolute Gasteiger partial charge is 0.173 e. The van der Waals surface area contributed by atoms with Gasteiger partial charge in [-0.1, -0.05) is 12.1 Å². The molecule has 1 atom stereocenters. The summed E-state index contributed by atoms with van der Waals surface area (Å²) in [5.41, 5.74) is 3.54. The molecule has 1 fully saturated rings. The van der Waals surface area contributed by atoms with Crippen molar-refractivity contribution in [2.75, 3.05) is 18.5 Å². The second-order valence-electron chi connectivity index (χ2n) is 5.20. The van der Waals surface area contributed by atoms with Crippen LogP contribution in [0, 0.1) is 13.8 Å². The molecule has 0 bridgehead atoms. The molecule has 0 amide bonds. The number of aliphatic hydroxyl groups excluding tert-OH is 1. The molecule has 1 heterocycles. The molecular weight excluding hydrogens is 256 g/mol. The number of hydrogen-bond donors (Lipinski definition) is 2. The lowest BCUT2D eigenvalue weighted by Gasteiger charge is -2.36. The quantitative estimate of drug-likeness (QED) is 0.816. The van der Waals surface area contributed by atoms with Crippen LogP contribution < -0.4 is 5.32 Å². The van der Waals surface area contributed by atoms with Gasteiger partial charge in [0.25, 0.3) is 0 Å². The van der Waals surface area contributed by atoms with E-state index in [2.05, 4.69) is 30.1 Å². The first kappa shape index (κ1) is 14.3. The highest BCUT2D eigenvalue weighted by molar-refractivity contribution is 7.80. The predicted octanol–water partition coefficient (Wildman–Crippen LogP) is 2.85. The Labute approximate surface area is 120 Å². The molecule has 0 radical (unpaired) electrons. The number of rotatable bonds is 2. The highest BCUT2D eigenvalue weighted by Gasteiger charge is 2.23. The van der Waals surface area contributed by atoms with Crippen molar-refractivity contribution in [1.29, 1.82) is 0 Å². The number of aliphatic hydroxyl groups is 1. The SMILES string of the molecule is Cc1cccc(NC(=S)N2CCCCC2CO)c1C. The van der Waals surface area contributed by atoms with E-state index in [0.29, 0.717) is 0 Å². The largest absolute Gasteiger partial charge is 0.394 e. The van der Waals surface area contributed by atoms with Gasteiger partial charge in [0.1, 0.15) is 0 Å². The van der Waals surface area contributed by atoms with Crippen molar-refractivity contribution >= 4 is 23.0 Å². The Hall–Kier alpha value is -1.13. The Morgan fingerprint density at radius 3 is 2.95 bits per heavy atom. The standard InChI is InChI=1S/C15H22N2OS/c1-11-6-5-8-14(12(11)2)16-15(19)17-9-4-3-7-13(17)10-18/h5-6,8,13,18H,3-4,7,9-10H2,1-2H3,(H,16,19). The number of hydrogen-bond acceptors (Lipinski definition) is 2. The van der Waals surface area contributed by atoms with Crippen LogP contribution in [0.5, 0.6) is 0 Å². The van der Waals surface area contributed by atoms with Crippen molar-refractivity contribution < 1.29 is 5.11 Å². The van der Waals surface area contributed by atoms with Gasteiger partial charge >= 0.3 is 0 Å². The molecule has 1 saturated heterocycles. The molecule has 2 N–H and O–H groups in total. The highest BCUT2D eigenvalue weighted by atomic mass is 32.1. The number of nitrogens with zero attached hydrogens (tertiary/aromatic N) is 1. The number of aryl methyl sites for hydroxylation is 1. The molecule has 3 nitrogen and oxygen atoms in total. The summed E-state index contributed by atoms with van der Waals surface area (Å²) in [5, 5.41) is 13.5. The van der Waals surface area contributed by atoms with Gasteiger partial charge in [-0.05, 0) is 62.5 Å². The first-order valence-electron chi connectivity index (χ1n) is 6.88. The molecule has 1 aromatic carbocycles. The molecule has 0 saturated carbocycles. The second kappa shape index (κ2) is 6.35. The van der Waals surface area contributed by atoms with Crippen LogP contribution in [0.4, 0.5) is 5.69 Å². The number of piperidine rings is 1. The normalized spacial score (nSPS) is 19.3. The lowest BCUT2D eigenvalue weighted by Crippen LogP contribution is -2.47. The first-order chi connectivity index (χ1) is 9.13. The average Bonchev–Trinajstić information content (AvgIpc) is 2.43. The first-order valence-corrected chi connectivity index (χ1v) is 7.29. The summed E-state index contributed by atoms with van der Waals surface area (Å²) in [6.07, 6.45) is 3.34. The van der Waals surface area contributed by atoms with E-state index in [0.717, 1.165) is 30.2 Å². The second-order valence-corrected chi connectivity index (χ2v) is 5.59. The minimum absolute atomic E-state index is 0.166. The Morgan fingerprint density at radius 2 is 2.21 bits per heavy atom. The van der Waals surface area contributed by atoms with E-state index in [1.165, 1.54) is 17.5 Å². The maximum absolute atomic E-state index is 9.45. The third-order valence-electron chi connectivity index (χ3n) is 3.94. The van der Waals surface area contributed by atoms with Gasteiger partial charge in [-0.15, -0.1) is 0 Å². The zero-order valence-corrected chi connectivity index (χ0v) is 12.5. The van der Waals surface area contributed by atoms with E-state index in [9.17, 15) is 5.11 Å². The third kappa shape index (κ3) is 3.25. The Kier molecular flexibility index (Phi) is 4.77. The van der Waals surface area contributed by atoms with E-state index in [1.807, 2.05) is 12.1 Å². The molecule has 104 valence electrons. The van der Waals surface area contributed by atoms with Crippen molar-refractivity contribution in [2.24, 2.45) is 0 Å². The molecule has 1 aliphatic rings. The Balaban J connectivity index is 2.09. The number of thiocarbonyl (C=S) groups is 1. The number of nitrogens with one attached hydrogen (secondary N) is 1. The van der Waals surface area contributed by atoms with Crippen molar-refractivity contribution in [3.05, 3.63) is 29.3 Å². The van der Waals surface area contributed by atoms with Gasteiger partial charge in [-0.25, -0.2) is 0 Å². The summed E-state index contributed by atoms with van der Waals surface area (Å²) in [6.45, 7) is 5.30. The fourth-order valence-corrected chi connectivity index (χ4v) is 2.88. The van der Waals surface area contributed by atoms with Crippen molar-refractivity contribution in [1.82, 2.24) is 4.90 Å². The summed E-state index contributed by atoms with van der Waals surface area (Å²) in [4.78, 5) is 2.13. The van der Waals surface area contributed by atoms with Crippen molar-refractivity contribution in [2.45, 2.75) is 39.2 Å². The lowest BCUT2D eigenvalue weighted by atomic mass is 10.0. The monoisotopic (exact) mass is 278 g/mol. The topological polar surface area (TPSA) is 35.5 Å². The van der Waals surface area contributed by atoms with Gasteiger partial charge in [-0.3, -0.25) is 0 Å². The molecule has 1 unspecified atom stereocenters. The maximum Gasteiger partial charge on any atom is 0.173 e. The molecular formula is C15H22N2OS. The van der Waals surface area contributed by atoms with E-state index < -0.39 is 0 Å². The van der Waals surface area contributed by atoms with Crippen LogP contribution in [0.2, 0.25) is 0 Å². The Bertz CT molecular complexity index is 461. The van der Waals surface area contributed by atoms with Crippen LogP contribution in [0.3, 0.4) is 0 Å². The number of benzene rings is 1. The molecule has 4 heteroatoms. The zero-order chi connectivity index (χ0) is 13.8. The van der Waals surface area contributed by atoms with Gasteiger partial charge in [-0.2, -0.15) is 0 Å². The molecule has 0 aliphatic carbocycles. The van der Waals surface area contributed by atoms with Crippen molar-refractivity contribution in [3.63, 3.8) is 0 Å². The van der Waals surface area contributed by atoms with Crippen LogP contribution >= 0.6 is 12.2 Å². The van der Waals surface area contributed by atoms with E-state index in [-0.39, 0.29) is 12.6 Å². The molecule has 2 rings (SSSR count). The average molecular weight is 278 g/mol. The van der Waals surface area contributed by atoms with Gasteiger partial charge < -0.3 is 15.3 Å². The highest BCUT2D eigenvalue weighted by Crippen LogP contribution is 2.21. The minimum Gasteiger partial charge on any atom is -0.394 e. The van der Waals surface area contributed by atoms with E-state index >= 15 is 0 Å². The van der Waals surface area contributed by atoms with Gasteiger partial charge in [0.05, 0.1) is 12.6 Å². The lowest BCUT2D eigenvalue weighted by molar-refractivity contribution is 0.149. The zero-order valence-electron chi connectivity index (χ0n) is 11.6. The molecule has 1 aliphatic heterocycles. The fourth-order valence-electron chi connectivity index (χ4n) is 2.53. The van der Waals surface area contributed by atoms with Gasteiger partial charge in [0.15, 0.2) is 5.11 Å². The minimum atomic E-state index is 0.166. The van der Waals surface area contributed by atoms with Crippen LogP contribution in [-0.2, 0) is 0 Å². The molecule has 0 aromatic heterocycles. The molecule has 1 aromatic rings. The van der Waals surface area contributed by atoms with Gasteiger partial charge in [0.2, 0.25) is 0 Å². The predicted molar refractivity (Wildman–Crippen MR) is 83.6 cm³/mol. The van der Waals surface area contributed by atoms with E-state index in [4.69, 9.17) is 12.2 Å². The third-order valence-corrected chi connectivity index (χ3v) is 4.28. The summed E-state index contributed by atoms with van der Waals surface area (Å²) < 4.78 is 0. The summed E-state index contributed by atoms with van der Waals surface area (Å²) in [5.74, 6) is 0. The maximum atomic E-state index is 9.45. The van der Waals surface area contributed by atoms with Crippen LogP contribution in [0.25, 0.3) is 0 Å². The fraction of sp³-hybridized carbons (Fsp3) is 0.533. The Morgan fingerprint density at radius 1 is 1.42 bits per heavy atom. The molecule has 0 spiro atoms. The van der Waals surface area contributed by atoms with Gasteiger partial charge in [0, 0.05) is 12.2 Å². The number of likely N-dealkylation sites (tertiary alicyclic amines) is 1. The van der Waals surface area contributed by atoms with Crippen LogP contribution in [0.1, 0.15) is 30.4 Å². The van der Waals surface area contributed by atoms with E-state index in [1.54, 1.807) is 0 Å². The summed E-state index contributed by atoms with van der Waals surface area (Å²) >= 11 is 5.51. The molecule has 19 heavy (non-hydrogen) atoms. The van der Waals surface area contributed by atoms with Crippen molar-refractivity contribution in [3.8, 4) is 0 Å². The summed E-state index contributed by atoms with van der Waals surface area (Å²) in [6, 6.07) is 6.35. The number of anilines is 1.